The minimum Gasteiger partial charge on any atom is -0.312 e. The van der Waals surface area contributed by atoms with Gasteiger partial charge in [0.1, 0.15) is 0 Å². The summed E-state index contributed by atoms with van der Waals surface area (Å²) in [7, 11) is 0. The number of fused-ring (bicyclic) bond motifs is 1. The molecule has 2 rings (SSSR count). The monoisotopic (exact) mass is 215 g/mol. The number of nitrogens with one attached hydrogen (secondary N) is 1. The number of benzene rings is 1. The van der Waals surface area contributed by atoms with E-state index in [1.165, 1.54) is 22.4 Å². The molecule has 0 saturated carbocycles. The molecule has 0 unspecified atom stereocenters. The topological polar surface area (TPSA) is 12.0 Å². The normalized spacial score (nSPS) is 14.5. The first-order valence-corrected chi connectivity index (χ1v) is 5.49. The molecule has 72 valence electrons. The summed E-state index contributed by atoms with van der Waals surface area (Å²) in [5.74, 6) is 0. The standard InChI is InChI=1S/C10H13NS.ClH/c1-12-10-3-2-8-4-5-11-7-9(8)6-10;/h2-3,6,11H,4-5,7H2,1H3;1H. The number of hydrogen-bond donors (Lipinski definition) is 1. The van der Waals surface area contributed by atoms with E-state index in [2.05, 4.69) is 29.8 Å². The number of rotatable bonds is 1. The summed E-state index contributed by atoms with van der Waals surface area (Å²) in [6.07, 6.45) is 3.31. The van der Waals surface area contributed by atoms with Crippen molar-refractivity contribution in [3.63, 3.8) is 0 Å². The summed E-state index contributed by atoms with van der Waals surface area (Å²) in [4.78, 5) is 1.37. The molecule has 1 heterocycles. The first-order valence-electron chi connectivity index (χ1n) is 4.26. The molecule has 0 spiro atoms. The van der Waals surface area contributed by atoms with Gasteiger partial charge in [-0.05, 0) is 42.5 Å². The van der Waals surface area contributed by atoms with Crippen molar-refractivity contribution in [2.45, 2.75) is 17.9 Å². The minimum absolute atomic E-state index is 0. The van der Waals surface area contributed by atoms with Gasteiger partial charge in [0.15, 0.2) is 0 Å². The Hall–Kier alpha value is -0.180. The third-order valence-electron chi connectivity index (χ3n) is 2.30. The highest BCUT2D eigenvalue weighted by Gasteiger charge is 2.07. The lowest BCUT2D eigenvalue weighted by molar-refractivity contribution is 0.642. The summed E-state index contributed by atoms with van der Waals surface area (Å²) in [5, 5.41) is 3.38. The Balaban J connectivity index is 0.000000845. The van der Waals surface area contributed by atoms with Crippen LogP contribution in [0.2, 0.25) is 0 Å². The Morgan fingerprint density at radius 2 is 2.15 bits per heavy atom. The third kappa shape index (κ3) is 2.39. The molecule has 1 aromatic rings. The van der Waals surface area contributed by atoms with Crippen LogP contribution in [0.4, 0.5) is 0 Å². The molecule has 3 heteroatoms. The fourth-order valence-corrected chi connectivity index (χ4v) is 2.05. The zero-order valence-electron chi connectivity index (χ0n) is 7.67. The van der Waals surface area contributed by atoms with E-state index in [4.69, 9.17) is 0 Å². The molecular weight excluding hydrogens is 202 g/mol. The van der Waals surface area contributed by atoms with Gasteiger partial charge in [-0.15, -0.1) is 24.2 Å². The maximum Gasteiger partial charge on any atom is 0.0208 e. The van der Waals surface area contributed by atoms with Gasteiger partial charge in [-0.2, -0.15) is 0 Å². The SMILES string of the molecule is CSc1ccc2c(c1)CNCC2.Cl. The molecule has 1 aromatic carbocycles. The summed E-state index contributed by atoms with van der Waals surface area (Å²) < 4.78 is 0. The Morgan fingerprint density at radius 1 is 1.31 bits per heavy atom. The van der Waals surface area contributed by atoms with Gasteiger partial charge >= 0.3 is 0 Å². The van der Waals surface area contributed by atoms with E-state index in [1.54, 1.807) is 0 Å². The van der Waals surface area contributed by atoms with Crippen molar-refractivity contribution in [1.29, 1.82) is 0 Å². The Morgan fingerprint density at radius 3 is 2.92 bits per heavy atom. The van der Waals surface area contributed by atoms with Crippen LogP contribution in [0, 0.1) is 0 Å². The van der Waals surface area contributed by atoms with Crippen LogP contribution in [-0.2, 0) is 13.0 Å². The van der Waals surface area contributed by atoms with Gasteiger partial charge in [0.25, 0.3) is 0 Å². The first-order chi connectivity index (χ1) is 5.90. The molecule has 0 aromatic heterocycles. The highest BCUT2D eigenvalue weighted by Crippen LogP contribution is 2.21. The number of thioether (sulfide) groups is 1. The van der Waals surface area contributed by atoms with Crippen molar-refractivity contribution in [3.05, 3.63) is 29.3 Å². The van der Waals surface area contributed by atoms with Crippen molar-refractivity contribution in [3.8, 4) is 0 Å². The van der Waals surface area contributed by atoms with Crippen LogP contribution in [0.25, 0.3) is 0 Å². The number of halogens is 1. The molecule has 1 N–H and O–H groups in total. The summed E-state index contributed by atoms with van der Waals surface area (Å²) in [5.41, 5.74) is 3.00. The Bertz CT molecular complexity index is 288. The van der Waals surface area contributed by atoms with Gasteiger partial charge in [0, 0.05) is 11.4 Å². The smallest absolute Gasteiger partial charge is 0.0208 e. The molecule has 0 aliphatic carbocycles. The van der Waals surface area contributed by atoms with Crippen molar-refractivity contribution in [1.82, 2.24) is 5.32 Å². The van der Waals surface area contributed by atoms with Gasteiger partial charge in [-0.3, -0.25) is 0 Å². The van der Waals surface area contributed by atoms with Gasteiger partial charge in [0.05, 0.1) is 0 Å². The maximum atomic E-state index is 3.38. The third-order valence-corrected chi connectivity index (χ3v) is 3.03. The van der Waals surface area contributed by atoms with Gasteiger partial charge in [-0.1, -0.05) is 6.07 Å². The molecular formula is C10H14ClNS. The van der Waals surface area contributed by atoms with Crippen LogP contribution >= 0.6 is 24.2 Å². The summed E-state index contributed by atoms with van der Waals surface area (Å²) in [6.45, 7) is 2.18. The van der Waals surface area contributed by atoms with Crippen LogP contribution in [0.5, 0.6) is 0 Å². The number of hydrogen-bond acceptors (Lipinski definition) is 2. The molecule has 1 nitrogen and oxygen atoms in total. The zero-order chi connectivity index (χ0) is 8.39. The Labute approximate surface area is 89.7 Å². The van der Waals surface area contributed by atoms with Crippen molar-refractivity contribution < 1.29 is 0 Å². The summed E-state index contributed by atoms with van der Waals surface area (Å²) >= 11 is 1.81. The predicted octanol–water partition coefficient (Wildman–Crippen LogP) is 2.48. The first kappa shape index (κ1) is 10.9. The maximum absolute atomic E-state index is 3.38. The van der Waals surface area contributed by atoms with E-state index in [0.717, 1.165) is 13.1 Å². The molecule has 13 heavy (non-hydrogen) atoms. The molecule has 0 atom stereocenters. The van der Waals surface area contributed by atoms with Crippen molar-refractivity contribution in [2.75, 3.05) is 12.8 Å². The van der Waals surface area contributed by atoms with Gasteiger partial charge < -0.3 is 5.32 Å². The van der Waals surface area contributed by atoms with E-state index < -0.39 is 0 Å². The molecule has 0 radical (unpaired) electrons. The second kappa shape index (κ2) is 4.89. The van der Waals surface area contributed by atoms with Crippen LogP contribution in [0.1, 0.15) is 11.1 Å². The lowest BCUT2D eigenvalue weighted by Crippen LogP contribution is -2.23. The van der Waals surface area contributed by atoms with E-state index in [1.807, 2.05) is 11.8 Å². The van der Waals surface area contributed by atoms with Crippen LogP contribution < -0.4 is 5.32 Å². The lowest BCUT2D eigenvalue weighted by atomic mass is 10.0. The predicted molar refractivity (Wildman–Crippen MR) is 60.9 cm³/mol. The average molecular weight is 216 g/mol. The van der Waals surface area contributed by atoms with E-state index in [9.17, 15) is 0 Å². The molecule has 0 fully saturated rings. The largest absolute Gasteiger partial charge is 0.312 e. The molecule has 0 saturated heterocycles. The highest BCUT2D eigenvalue weighted by molar-refractivity contribution is 7.98. The van der Waals surface area contributed by atoms with Crippen molar-refractivity contribution in [2.24, 2.45) is 0 Å². The average Bonchev–Trinajstić information content (AvgIpc) is 2.17. The quantitative estimate of drug-likeness (QED) is 0.723. The summed E-state index contributed by atoms with van der Waals surface area (Å²) in [6, 6.07) is 6.78. The van der Waals surface area contributed by atoms with Gasteiger partial charge in [-0.25, -0.2) is 0 Å². The zero-order valence-corrected chi connectivity index (χ0v) is 9.30. The Kier molecular flexibility index (Phi) is 4.10. The highest BCUT2D eigenvalue weighted by atomic mass is 35.5. The van der Waals surface area contributed by atoms with Crippen molar-refractivity contribution >= 4 is 24.2 Å². The van der Waals surface area contributed by atoms with Gasteiger partial charge in [0.2, 0.25) is 0 Å². The molecule has 1 aliphatic heterocycles. The van der Waals surface area contributed by atoms with E-state index in [0.29, 0.717) is 0 Å². The second-order valence-corrected chi connectivity index (χ2v) is 3.94. The van der Waals surface area contributed by atoms with E-state index in [-0.39, 0.29) is 12.4 Å². The molecule has 0 amide bonds. The molecule has 1 aliphatic rings. The van der Waals surface area contributed by atoms with Crippen LogP contribution in [0.3, 0.4) is 0 Å². The second-order valence-electron chi connectivity index (χ2n) is 3.06. The van der Waals surface area contributed by atoms with Crippen LogP contribution in [0.15, 0.2) is 23.1 Å². The van der Waals surface area contributed by atoms with E-state index >= 15 is 0 Å². The van der Waals surface area contributed by atoms with Crippen LogP contribution in [-0.4, -0.2) is 12.8 Å². The fraction of sp³-hybridized carbons (Fsp3) is 0.400. The molecule has 0 bridgehead atoms. The minimum atomic E-state index is 0. The lowest BCUT2D eigenvalue weighted by Gasteiger charge is -2.17. The fourth-order valence-electron chi connectivity index (χ4n) is 1.58.